The summed E-state index contributed by atoms with van der Waals surface area (Å²) in [6, 6.07) is -0.0482. The molecule has 0 aromatic rings. The van der Waals surface area contributed by atoms with Gasteiger partial charge in [-0.15, -0.1) is 0 Å². The number of carbonyl (C=O) groups is 1. The lowest BCUT2D eigenvalue weighted by atomic mass is 9.68. The number of aliphatic hydroxyl groups excluding tert-OH is 1. The van der Waals surface area contributed by atoms with Crippen molar-refractivity contribution < 1.29 is 15.0 Å². The molecule has 0 radical (unpaired) electrons. The number of carboxylic acid groups (broad SMARTS) is 1. The summed E-state index contributed by atoms with van der Waals surface area (Å²) in [5, 5.41) is 21.2. The van der Waals surface area contributed by atoms with Gasteiger partial charge in [-0.2, -0.15) is 0 Å². The summed E-state index contributed by atoms with van der Waals surface area (Å²) in [6.45, 7) is 6.14. The fraction of sp³-hybridized carbons (Fsp3) is 0.917. The molecule has 0 aromatic heterocycles. The predicted molar refractivity (Wildman–Crippen MR) is 57.7 cm³/mol. The molecule has 0 aromatic carbocycles. The van der Waals surface area contributed by atoms with Gasteiger partial charge in [-0.25, -0.2) is 0 Å². The summed E-state index contributed by atoms with van der Waals surface area (Å²) < 4.78 is 0. The number of aliphatic hydroxyl groups is 1. The maximum atomic E-state index is 11.3. The van der Waals surface area contributed by atoms with E-state index in [2.05, 4.69) is 0 Å². The first-order chi connectivity index (χ1) is 7.28. The molecular formula is C12H20NO3-. The van der Waals surface area contributed by atoms with Gasteiger partial charge in [-0.05, 0) is 31.1 Å². The summed E-state index contributed by atoms with van der Waals surface area (Å²) >= 11 is 0. The highest BCUT2D eigenvalue weighted by Gasteiger charge is 2.57. The molecule has 2 rings (SSSR count). The minimum atomic E-state index is -1.08. The first kappa shape index (κ1) is 11.7. The molecule has 2 saturated heterocycles. The van der Waals surface area contributed by atoms with Crippen molar-refractivity contribution >= 4 is 6.09 Å². The van der Waals surface area contributed by atoms with E-state index in [0.29, 0.717) is 12.8 Å². The second-order valence-electron chi connectivity index (χ2n) is 6.20. The standard InChI is InChI=1S/C12H21NO3/c1-11(2,3)12-5-4-8(6-9(14)7-12)13(12)10(15)16/h8-9,14H,4-7H2,1-3H3,(H,15,16)/p-1. The van der Waals surface area contributed by atoms with Gasteiger partial charge >= 0.3 is 0 Å². The Morgan fingerprint density at radius 1 is 1.50 bits per heavy atom. The van der Waals surface area contributed by atoms with E-state index in [1.165, 1.54) is 4.90 Å². The average molecular weight is 226 g/mol. The minimum Gasteiger partial charge on any atom is -0.530 e. The number of hydrogen-bond acceptors (Lipinski definition) is 3. The molecule has 1 N–H and O–H groups in total. The van der Waals surface area contributed by atoms with E-state index < -0.39 is 11.6 Å². The highest BCUT2D eigenvalue weighted by atomic mass is 16.4. The summed E-state index contributed by atoms with van der Waals surface area (Å²) in [4.78, 5) is 12.8. The van der Waals surface area contributed by atoms with Crippen LogP contribution >= 0.6 is 0 Å². The molecule has 0 saturated carbocycles. The van der Waals surface area contributed by atoms with Crippen LogP contribution in [0.3, 0.4) is 0 Å². The van der Waals surface area contributed by atoms with Gasteiger partial charge in [0, 0.05) is 11.6 Å². The smallest absolute Gasteiger partial charge is 0.137 e. The van der Waals surface area contributed by atoms with E-state index in [1.54, 1.807) is 0 Å². The van der Waals surface area contributed by atoms with Crippen LogP contribution in [0.1, 0.15) is 46.5 Å². The predicted octanol–water partition coefficient (Wildman–Crippen LogP) is 0.734. The molecule has 2 aliphatic heterocycles. The van der Waals surface area contributed by atoms with E-state index >= 15 is 0 Å². The van der Waals surface area contributed by atoms with Crippen molar-refractivity contribution in [1.29, 1.82) is 0 Å². The van der Waals surface area contributed by atoms with Gasteiger partial charge in [-0.3, -0.25) is 0 Å². The summed E-state index contributed by atoms with van der Waals surface area (Å²) in [5.41, 5.74) is -0.600. The molecule has 4 heteroatoms. The highest BCUT2D eigenvalue weighted by molar-refractivity contribution is 5.65. The fourth-order valence-electron chi connectivity index (χ4n) is 3.58. The lowest BCUT2D eigenvalue weighted by molar-refractivity contribution is -0.279. The van der Waals surface area contributed by atoms with Crippen molar-refractivity contribution in [2.45, 2.75) is 64.1 Å². The van der Waals surface area contributed by atoms with Crippen molar-refractivity contribution in [3.05, 3.63) is 0 Å². The van der Waals surface area contributed by atoms with E-state index in [9.17, 15) is 15.0 Å². The van der Waals surface area contributed by atoms with Crippen LogP contribution in [0, 0.1) is 5.41 Å². The van der Waals surface area contributed by atoms with Crippen molar-refractivity contribution in [3.8, 4) is 0 Å². The Hall–Kier alpha value is -0.770. The summed E-state index contributed by atoms with van der Waals surface area (Å²) in [5.74, 6) is 0. The SMILES string of the molecule is CC(C)(C)C12CCC(CC(O)C1)N2C(=O)[O-]. The lowest BCUT2D eigenvalue weighted by Crippen LogP contribution is -2.65. The maximum Gasteiger partial charge on any atom is 0.137 e. The van der Waals surface area contributed by atoms with E-state index in [1.807, 2.05) is 20.8 Å². The van der Waals surface area contributed by atoms with Crippen LogP contribution in [0.5, 0.6) is 0 Å². The molecule has 0 spiro atoms. The van der Waals surface area contributed by atoms with Crippen molar-refractivity contribution in [2.75, 3.05) is 0 Å². The third kappa shape index (κ3) is 1.43. The second-order valence-corrected chi connectivity index (χ2v) is 6.20. The molecule has 2 fully saturated rings. The average Bonchev–Trinajstić information content (AvgIpc) is 2.35. The van der Waals surface area contributed by atoms with Crippen LogP contribution in [0.2, 0.25) is 0 Å². The lowest BCUT2D eigenvalue weighted by Gasteiger charge is -2.55. The summed E-state index contributed by atoms with van der Waals surface area (Å²) in [7, 11) is 0. The fourth-order valence-corrected chi connectivity index (χ4v) is 3.58. The van der Waals surface area contributed by atoms with Crippen LogP contribution < -0.4 is 5.11 Å². The molecule has 92 valence electrons. The molecule has 3 unspecified atom stereocenters. The minimum absolute atomic E-state index is 0.0482. The van der Waals surface area contributed by atoms with Crippen LogP contribution in [0.25, 0.3) is 0 Å². The molecule has 2 heterocycles. The molecule has 3 atom stereocenters. The van der Waals surface area contributed by atoms with Crippen molar-refractivity contribution in [3.63, 3.8) is 0 Å². The quantitative estimate of drug-likeness (QED) is 0.662. The highest BCUT2D eigenvalue weighted by Crippen LogP contribution is 2.52. The normalized spacial score (nSPS) is 38.9. The molecular weight excluding hydrogens is 206 g/mol. The maximum absolute atomic E-state index is 11.3. The largest absolute Gasteiger partial charge is 0.530 e. The molecule has 1 amide bonds. The first-order valence-electron chi connectivity index (χ1n) is 5.96. The number of amides is 1. The molecule has 2 aliphatic rings. The molecule has 2 bridgehead atoms. The monoisotopic (exact) mass is 226 g/mol. The van der Waals surface area contributed by atoms with Crippen LogP contribution in [0.15, 0.2) is 0 Å². The number of hydrogen-bond donors (Lipinski definition) is 1. The third-order valence-corrected chi connectivity index (χ3v) is 4.43. The van der Waals surface area contributed by atoms with E-state index in [0.717, 1.165) is 12.8 Å². The van der Waals surface area contributed by atoms with Gasteiger partial charge in [0.2, 0.25) is 0 Å². The van der Waals surface area contributed by atoms with Gasteiger partial charge < -0.3 is 19.9 Å². The van der Waals surface area contributed by atoms with Crippen molar-refractivity contribution in [1.82, 2.24) is 4.90 Å². The molecule has 16 heavy (non-hydrogen) atoms. The second kappa shape index (κ2) is 3.36. The van der Waals surface area contributed by atoms with Gasteiger partial charge in [0.15, 0.2) is 0 Å². The Balaban J connectivity index is 2.42. The zero-order chi connectivity index (χ0) is 12.1. The van der Waals surface area contributed by atoms with Gasteiger partial charge in [-0.1, -0.05) is 20.8 Å². The van der Waals surface area contributed by atoms with Gasteiger partial charge in [0.1, 0.15) is 6.09 Å². The van der Waals surface area contributed by atoms with E-state index in [4.69, 9.17) is 0 Å². The number of carbonyl (C=O) groups excluding carboxylic acids is 1. The van der Waals surface area contributed by atoms with Crippen molar-refractivity contribution in [2.24, 2.45) is 5.41 Å². The Kier molecular flexibility index (Phi) is 2.46. The third-order valence-electron chi connectivity index (χ3n) is 4.43. The zero-order valence-electron chi connectivity index (χ0n) is 10.2. The number of nitrogens with zero attached hydrogens (tertiary/aromatic N) is 1. The van der Waals surface area contributed by atoms with Gasteiger partial charge in [0.05, 0.1) is 6.10 Å². The molecule has 4 nitrogen and oxygen atoms in total. The topological polar surface area (TPSA) is 63.6 Å². The number of rotatable bonds is 0. The Morgan fingerprint density at radius 3 is 2.62 bits per heavy atom. The van der Waals surface area contributed by atoms with E-state index in [-0.39, 0.29) is 17.6 Å². The first-order valence-corrected chi connectivity index (χ1v) is 5.96. The zero-order valence-corrected chi connectivity index (χ0v) is 10.2. The Labute approximate surface area is 96.3 Å². The van der Waals surface area contributed by atoms with Crippen LogP contribution in [0.4, 0.5) is 4.79 Å². The Bertz CT molecular complexity index is 310. The Morgan fingerprint density at radius 2 is 2.12 bits per heavy atom. The van der Waals surface area contributed by atoms with Crippen LogP contribution in [-0.2, 0) is 0 Å². The number of piperidine rings is 1. The molecule has 0 aliphatic carbocycles. The van der Waals surface area contributed by atoms with Gasteiger partial charge in [0.25, 0.3) is 0 Å². The summed E-state index contributed by atoms with van der Waals surface area (Å²) in [6.07, 6.45) is 1.34. The van der Waals surface area contributed by atoms with Crippen LogP contribution in [-0.4, -0.2) is 33.8 Å². The number of fused-ring (bicyclic) bond motifs is 2.